The van der Waals surface area contributed by atoms with E-state index < -0.39 is 0 Å². The second kappa shape index (κ2) is 6.42. The average Bonchev–Trinajstić information content (AvgIpc) is 3.21. The Morgan fingerprint density at radius 2 is 1.92 bits per heavy atom. The molecule has 0 N–H and O–H groups in total. The molecule has 7 nitrogen and oxygen atoms in total. The first-order chi connectivity index (χ1) is 12.1. The largest absolute Gasteiger partial charge is 0.418 e. The summed E-state index contributed by atoms with van der Waals surface area (Å²) in [5.74, 6) is 1.52. The van der Waals surface area contributed by atoms with Gasteiger partial charge in [-0.25, -0.2) is 0 Å². The number of benzene rings is 1. The minimum Gasteiger partial charge on any atom is -0.418 e. The first-order valence-corrected chi connectivity index (χ1v) is 8.31. The van der Waals surface area contributed by atoms with Crippen LogP contribution in [0.2, 0.25) is 0 Å². The van der Waals surface area contributed by atoms with Crippen molar-refractivity contribution in [1.29, 1.82) is 0 Å². The Hall–Kier alpha value is -2.51. The first kappa shape index (κ1) is 16.0. The summed E-state index contributed by atoms with van der Waals surface area (Å²) in [4.78, 5) is 2.20. The van der Waals surface area contributed by atoms with Crippen molar-refractivity contribution in [1.82, 2.24) is 20.3 Å². The van der Waals surface area contributed by atoms with Gasteiger partial charge >= 0.3 is 0 Å². The average molecular weight is 340 g/mol. The molecule has 130 valence electrons. The Balaban J connectivity index is 1.68. The number of aromatic nitrogens is 3. The Morgan fingerprint density at radius 1 is 1.12 bits per heavy atom. The Morgan fingerprint density at radius 3 is 2.68 bits per heavy atom. The molecule has 0 aliphatic carbocycles. The smallest absolute Gasteiger partial charge is 0.253 e. The zero-order valence-electron chi connectivity index (χ0n) is 14.5. The van der Waals surface area contributed by atoms with Gasteiger partial charge in [-0.2, -0.15) is 0 Å². The number of likely N-dealkylation sites (N-methyl/N-ethyl adjacent to an activating group) is 1. The summed E-state index contributed by atoms with van der Waals surface area (Å²) in [6, 6.07) is 9.81. The molecule has 3 aromatic rings. The predicted octanol–water partition coefficient (Wildman–Crippen LogP) is 3.09. The van der Waals surface area contributed by atoms with E-state index >= 15 is 0 Å². The molecule has 0 saturated carbocycles. The lowest BCUT2D eigenvalue weighted by Gasteiger charge is -2.32. The summed E-state index contributed by atoms with van der Waals surface area (Å²) in [6.45, 7) is 5.49. The molecule has 0 unspecified atom stereocenters. The van der Waals surface area contributed by atoms with E-state index in [1.54, 1.807) is 0 Å². The van der Waals surface area contributed by atoms with Crippen LogP contribution in [-0.4, -0.2) is 46.5 Å². The van der Waals surface area contributed by atoms with Gasteiger partial charge in [0.1, 0.15) is 23.1 Å². The zero-order chi connectivity index (χ0) is 17.4. The number of morpholine rings is 1. The van der Waals surface area contributed by atoms with E-state index in [-0.39, 0.29) is 12.2 Å². The molecule has 2 atom stereocenters. The third kappa shape index (κ3) is 3.08. The van der Waals surface area contributed by atoms with Crippen LogP contribution in [0.4, 0.5) is 0 Å². The molecule has 7 heteroatoms. The van der Waals surface area contributed by atoms with Gasteiger partial charge in [0, 0.05) is 18.7 Å². The second-order valence-corrected chi connectivity index (χ2v) is 6.43. The maximum Gasteiger partial charge on any atom is 0.253 e. The van der Waals surface area contributed by atoms with Gasteiger partial charge in [0.2, 0.25) is 5.89 Å². The van der Waals surface area contributed by atoms with Crippen molar-refractivity contribution in [3.63, 3.8) is 0 Å². The highest BCUT2D eigenvalue weighted by Gasteiger charge is 2.30. The molecule has 0 amide bonds. The van der Waals surface area contributed by atoms with Gasteiger partial charge in [-0.1, -0.05) is 35.5 Å². The summed E-state index contributed by atoms with van der Waals surface area (Å²) in [5, 5.41) is 12.6. The third-order valence-electron chi connectivity index (χ3n) is 4.28. The lowest BCUT2D eigenvalue weighted by molar-refractivity contribution is -0.0821. The molecule has 1 aliphatic heterocycles. The quantitative estimate of drug-likeness (QED) is 0.725. The van der Waals surface area contributed by atoms with Crippen molar-refractivity contribution in [2.45, 2.75) is 26.1 Å². The van der Waals surface area contributed by atoms with Gasteiger partial charge < -0.3 is 18.6 Å². The molecule has 4 rings (SSSR count). The van der Waals surface area contributed by atoms with E-state index in [9.17, 15) is 0 Å². The number of ether oxygens (including phenoxy) is 1. The van der Waals surface area contributed by atoms with E-state index in [0.29, 0.717) is 23.2 Å². The Bertz CT molecular complexity index is 848. The Kier molecular flexibility index (Phi) is 4.10. The van der Waals surface area contributed by atoms with E-state index in [1.807, 2.05) is 44.2 Å². The van der Waals surface area contributed by atoms with Crippen molar-refractivity contribution in [2.75, 3.05) is 20.1 Å². The molecule has 2 aromatic heterocycles. The van der Waals surface area contributed by atoms with E-state index in [4.69, 9.17) is 13.7 Å². The minimum atomic E-state index is -0.227. The van der Waals surface area contributed by atoms with E-state index in [1.165, 1.54) is 0 Å². The summed E-state index contributed by atoms with van der Waals surface area (Å²) in [5.41, 5.74) is 2.36. The topological polar surface area (TPSA) is 77.4 Å². The summed E-state index contributed by atoms with van der Waals surface area (Å²) in [7, 11) is 2.06. The van der Waals surface area contributed by atoms with Crippen LogP contribution in [0.5, 0.6) is 0 Å². The maximum atomic E-state index is 5.94. The van der Waals surface area contributed by atoms with Gasteiger partial charge in [-0.05, 0) is 20.9 Å². The molecule has 25 heavy (non-hydrogen) atoms. The first-order valence-electron chi connectivity index (χ1n) is 8.31. The number of aryl methyl sites for hydroxylation is 1. The van der Waals surface area contributed by atoms with Crippen LogP contribution < -0.4 is 0 Å². The molecular formula is C18H20N4O3. The fourth-order valence-corrected chi connectivity index (χ4v) is 3.18. The highest BCUT2D eigenvalue weighted by atomic mass is 16.5. The van der Waals surface area contributed by atoms with Crippen molar-refractivity contribution >= 4 is 0 Å². The summed E-state index contributed by atoms with van der Waals surface area (Å²) >= 11 is 0. The highest BCUT2D eigenvalue weighted by molar-refractivity contribution is 5.77. The molecule has 1 saturated heterocycles. The summed E-state index contributed by atoms with van der Waals surface area (Å²) < 4.78 is 17.3. The maximum absolute atomic E-state index is 5.94. The fourth-order valence-electron chi connectivity index (χ4n) is 3.18. The predicted molar refractivity (Wildman–Crippen MR) is 90.8 cm³/mol. The third-order valence-corrected chi connectivity index (χ3v) is 4.28. The Labute approximate surface area is 145 Å². The monoisotopic (exact) mass is 340 g/mol. The van der Waals surface area contributed by atoms with Crippen LogP contribution in [0.25, 0.3) is 22.7 Å². The van der Waals surface area contributed by atoms with Crippen LogP contribution in [0, 0.1) is 6.92 Å². The minimum absolute atomic E-state index is 0.122. The molecule has 0 radical (unpaired) electrons. The SMILES string of the molecule is Cc1onc(-c2ccccc2)c1-c1nnc([C@H]2CN(C)C[C@@H](C)O2)o1. The van der Waals surface area contributed by atoms with Crippen molar-refractivity contribution in [3.8, 4) is 22.7 Å². The van der Waals surface area contributed by atoms with Gasteiger partial charge in [0.25, 0.3) is 5.89 Å². The van der Waals surface area contributed by atoms with Gasteiger partial charge in [0.15, 0.2) is 0 Å². The lowest BCUT2D eigenvalue weighted by Crippen LogP contribution is -2.40. The standard InChI is InChI=1S/C18H20N4O3/c1-11-9-22(3)10-14(23-11)17-19-20-18(24-17)15-12(2)25-21-16(15)13-7-5-4-6-8-13/h4-8,11,14H,9-10H2,1-3H3/t11-,14-/m1/s1. The molecule has 1 aromatic carbocycles. The summed E-state index contributed by atoms with van der Waals surface area (Å²) in [6.07, 6.45) is -0.105. The molecule has 1 aliphatic rings. The molecule has 3 heterocycles. The normalized spacial score (nSPS) is 21.6. The second-order valence-electron chi connectivity index (χ2n) is 6.43. The van der Waals surface area contributed by atoms with Crippen molar-refractivity contribution < 1.29 is 13.7 Å². The molecule has 0 bridgehead atoms. The van der Waals surface area contributed by atoms with Crippen LogP contribution in [0.1, 0.15) is 24.7 Å². The number of hydrogen-bond donors (Lipinski definition) is 0. The molecule has 0 spiro atoms. The van der Waals surface area contributed by atoms with E-state index in [2.05, 4.69) is 27.3 Å². The van der Waals surface area contributed by atoms with Crippen LogP contribution >= 0.6 is 0 Å². The zero-order valence-corrected chi connectivity index (χ0v) is 14.5. The lowest BCUT2D eigenvalue weighted by atomic mass is 10.1. The number of nitrogens with zero attached hydrogens (tertiary/aromatic N) is 4. The number of hydrogen-bond acceptors (Lipinski definition) is 7. The molecule has 1 fully saturated rings. The van der Waals surface area contributed by atoms with E-state index in [0.717, 1.165) is 24.2 Å². The van der Waals surface area contributed by atoms with Gasteiger partial charge in [-0.15, -0.1) is 10.2 Å². The van der Waals surface area contributed by atoms with Gasteiger partial charge in [-0.3, -0.25) is 0 Å². The fraction of sp³-hybridized carbons (Fsp3) is 0.389. The van der Waals surface area contributed by atoms with Gasteiger partial charge in [0.05, 0.1) is 6.10 Å². The highest BCUT2D eigenvalue weighted by Crippen LogP contribution is 2.34. The van der Waals surface area contributed by atoms with Crippen molar-refractivity contribution in [3.05, 3.63) is 42.0 Å². The number of rotatable bonds is 3. The van der Waals surface area contributed by atoms with Crippen LogP contribution in [0.3, 0.4) is 0 Å². The van der Waals surface area contributed by atoms with Crippen LogP contribution in [-0.2, 0) is 4.74 Å². The van der Waals surface area contributed by atoms with Crippen LogP contribution in [0.15, 0.2) is 39.3 Å². The molecular weight excluding hydrogens is 320 g/mol. The van der Waals surface area contributed by atoms with Crippen molar-refractivity contribution in [2.24, 2.45) is 0 Å².